The summed E-state index contributed by atoms with van der Waals surface area (Å²) in [6.45, 7) is 4.93. The fraction of sp³-hybridized carbons (Fsp3) is 0.875. The van der Waals surface area contributed by atoms with Gasteiger partial charge in [0.25, 0.3) is 0 Å². The Morgan fingerprint density at radius 1 is 1.18 bits per heavy atom. The zero-order valence-corrected chi connectivity index (χ0v) is 11.3. The SMILES string of the molecule is CCC1(CNCC2CC3C=CC2C3)CCCC1. The van der Waals surface area contributed by atoms with Gasteiger partial charge in [-0.3, -0.25) is 0 Å². The number of fused-ring (bicyclic) bond motifs is 2. The van der Waals surface area contributed by atoms with Crippen LogP contribution in [0.4, 0.5) is 0 Å². The van der Waals surface area contributed by atoms with E-state index in [0.717, 1.165) is 17.8 Å². The number of hydrogen-bond donors (Lipinski definition) is 1. The molecule has 3 unspecified atom stereocenters. The van der Waals surface area contributed by atoms with E-state index in [0.29, 0.717) is 5.41 Å². The van der Waals surface area contributed by atoms with Gasteiger partial charge in [-0.15, -0.1) is 0 Å². The van der Waals surface area contributed by atoms with Gasteiger partial charge in [-0.2, -0.15) is 0 Å². The third-order valence-corrected chi connectivity index (χ3v) is 5.74. The number of allylic oxidation sites excluding steroid dienone is 2. The van der Waals surface area contributed by atoms with E-state index in [9.17, 15) is 0 Å². The number of nitrogens with one attached hydrogen (secondary N) is 1. The van der Waals surface area contributed by atoms with Gasteiger partial charge in [0.15, 0.2) is 0 Å². The second kappa shape index (κ2) is 4.76. The van der Waals surface area contributed by atoms with E-state index >= 15 is 0 Å². The zero-order valence-electron chi connectivity index (χ0n) is 11.3. The molecule has 17 heavy (non-hydrogen) atoms. The summed E-state index contributed by atoms with van der Waals surface area (Å²) in [7, 11) is 0. The first kappa shape index (κ1) is 11.8. The molecule has 1 nitrogen and oxygen atoms in total. The van der Waals surface area contributed by atoms with Gasteiger partial charge in [0.2, 0.25) is 0 Å². The highest BCUT2D eigenvalue weighted by Crippen LogP contribution is 2.43. The van der Waals surface area contributed by atoms with Crippen molar-refractivity contribution in [3.63, 3.8) is 0 Å². The highest BCUT2D eigenvalue weighted by molar-refractivity contribution is 5.10. The average molecular weight is 233 g/mol. The van der Waals surface area contributed by atoms with E-state index in [2.05, 4.69) is 24.4 Å². The van der Waals surface area contributed by atoms with E-state index in [1.54, 1.807) is 0 Å². The average Bonchev–Trinajstić information content (AvgIpc) is 3.05. The Kier molecular flexibility index (Phi) is 3.30. The monoisotopic (exact) mass is 233 g/mol. The molecule has 2 fully saturated rings. The highest BCUT2D eigenvalue weighted by atomic mass is 14.9. The fourth-order valence-electron chi connectivity index (χ4n) is 4.43. The maximum absolute atomic E-state index is 3.81. The van der Waals surface area contributed by atoms with Crippen molar-refractivity contribution in [3.05, 3.63) is 12.2 Å². The normalized spacial score (nSPS) is 38.1. The van der Waals surface area contributed by atoms with Crippen LogP contribution in [-0.4, -0.2) is 13.1 Å². The number of rotatable bonds is 5. The van der Waals surface area contributed by atoms with E-state index in [1.807, 2.05) is 0 Å². The van der Waals surface area contributed by atoms with Gasteiger partial charge in [-0.1, -0.05) is 31.9 Å². The van der Waals surface area contributed by atoms with Crippen molar-refractivity contribution in [1.29, 1.82) is 0 Å². The lowest BCUT2D eigenvalue weighted by atomic mass is 9.83. The molecule has 0 aliphatic heterocycles. The Labute approximate surface area is 106 Å². The topological polar surface area (TPSA) is 12.0 Å². The molecule has 96 valence electrons. The molecule has 0 aromatic carbocycles. The van der Waals surface area contributed by atoms with E-state index in [-0.39, 0.29) is 0 Å². The molecule has 3 aliphatic rings. The first-order chi connectivity index (χ1) is 8.31. The van der Waals surface area contributed by atoms with Gasteiger partial charge in [-0.05, 0) is 61.8 Å². The fourth-order valence-corrected chi connectivity index (χ4v) is 4.43. The van der Waals surface area contributed by atoms with Crippen LogP contribution >= 0.6 is 0 Å². The molecule has 3 aliphatic carbocycles. The molecule has 3 atom stereocenters. The van der Waals surface area contributed by atoms with Crippen molar-refractivity contribution in [1.82, 2.24) is 5.32 Å². The smallest absolute Gasteiger partial charge is 0.000782 e. The second-order valence-corrected chi connectivity index (χ2v) is 6.73. The molecule has 0 amide bonds. The van der Waals surface area contributed by atoms with Crippen LogP contribution in [0.3, 0.4) is 0 Å². The summed E-state index contributed by atoms with van der Waals surface area (Å²) in [5.41, 5.74) is 0.660. The summed E-state index contributed by atoms with van der Waals surface area (Å²) in [5, 5.41) is 3.81. The third kappa shape index (κ3) is 2.31. The van der Waals surface area contributed by atoms with Gasteiger partial charge in [0, 0.05) is 6.54 Å². The Morgan fingerprint density at radius 3 is 2.59 bits per heavy atom. The van der Waals surface area contributed by atoms with Crippen LogP contribution in [0.25, 0.3) is 0 Å². The molecule has 2 bridgehead atoms. The molecular formula is C16H27N. The minimum Gasteiger partial charge on any atom is -0.316 e. The van der Waals surface area contributed by atoms with Crippen molar-refractivity contribution in [2.24, 2.45) is 23.2 Å². The summed E-state index contributed by atoms with van der Waals surface area (Å²) in [4.78, 5) is 0. The molecule has 0 spiro atoms. The number of hydrogen-bond acceptors (Lipinski definition) is 1. The molecule has 0 radical (unpaired) electrons. The largest absolute Gasteiger partial charge is 0.316 e. The van der Waals surface area contributed by atoms with Crippen LogP contribution in [0.5, 0.6) is 0 Å². The molecule has 0 aromatic rings. The van der Waals surface area contributed by atoms with Gasteiger partial charge in [0.05, 0.1) is 0 Å². The van der Waals surface area contributed by atoms with Crippen LogP contribution in [0.15, 0.2) is 12.2 Å². The molecule has 0 saturated heterocycles. The summed E-state index contributed by atoms with van der Waals surface area (Å²) in [5.74, 6) is 2.78. The van der Waals surface area contributed by atoms with Gasteiger partial charge in [0.1, 0.15) is 0 Å². The van der Waals surface area contributed by atoms with Crippen molar-refractivity contribution in [2.45, 2.75) is 51.9 Å². The lowest BCUT2D eigenvalue weighted by molar-refractivity contribution is 0.257. The summed E-state index contributed by atoms with van der Waals surface area (Å²) >= 11 is 0. The van der Waals surface area contributed by atoms with Crippen molar-refractivity contribution >= 4 is 0 Å². The van der Waals surface area contributed by atoms with E-state index in [4.69, 9.17) is 0 Å². The van der Waals surface area contributed by atoms with E-state index in [1.165, 1.54) is 58.0 Å². The van der Waals surface area contributed by atoms with Crippen LogP contribution < -0.4 is 5.32 Å². The van der Waals surface area contributed by atoms with Gasteiger partial charge < -0.3 is 5.32 Å². The van der Waals surface area contributed by atoms with E-state index < -0.39 is 0 Å². The molecule has 0 aromatic heterocycles. The van der Waals surface area contributed by atoms with Gasteiger partial charge >= 0.3 is 0 Å². The van der Waals surface area contributed by atoms with Crippen LogP contribution in [0.2, 0.25) is 0 Å². The van der Waals surface area contributed by atoms with Crippen LogP contribution in [-0.2, 0) is 0 Å². The minimum absolute atomic E-state index is 0.660. The van der Waals surface area contributed by atoms with Crippen molar-refractivity contribution in [2.75, 3.05) is 13.1 Å². The van der Waals surface area contributed by atoms with Crippen molar-refractivity contribution < 1.29 is 0 Å². The Balaban J connectivity index is 1.44. The highest BCUT2D eigenvalue weighted by Gasteiger charge is 2.36. The quantitative estimate of drug-likeness (QED) is 0.713. The molecule has 2 saturated carbocycles. The standard InChI is InChI=1S/C16H27N/c1-2-16(7-3-4-8-16)12-17-11-15-10-13-5-6-14(15)9-13/h5-6,13-15,17H,2-4,7-12H2,1H3. The predicted octanol–water partition coefficient (Wildman–Crippen LogP) is 3.76. The molecule has 3 rings (SSSR count). The minimum atomic E-state index is 0.660. The summed E-state index contributed by atoms with van der Waals surface area (Å²) in [6.07, 6.45) is 15.1. The van der Waals surface area contributed by atoms with Crippen LogP contribution in [0, 0.1) is 23.2 Å². The maximum Gasteiger partial charge on any atom is 0.000782 e. The summed E-state index contributed by atoms with van der Waals surface area (Å²) in [6, 6.07) is 0. The second-order valence-electron chi connectivity index (χ2n) is 6.73. The molecule has 1 N–H and O–H groups in total. The van der Waals surface area contributed by atoms with Crippen LogP contribution in [0.1, 0.15) is 51.9 Å². The third-order valence-electron chi connectivity index (χ3n) is 5.74. The molecular weight excluding hydrogens is 206 g/mol. The first-order valence-electron chi connectivity index (χ1n) is 7.70. The lowest BCUT2D eigenvalue weighted by Gasteiger charge is -2.29. The zero-order chi connectivity index (χ0) is 11.7. The maximum atomic E-state index is 3.81. The molecule has 0 heterocycles. The molecule has 1 heteroatoms. The Hall–Kier alpha value is -0.300. The lowest BCUT2D eigenvalue weighted by Crippen LogP contribution is -2.35. The van der Waals surface area contributed by atoms with Gasteiger partial charge in [-0.25, -0.2) is 0 Å². The van der Waals surface area contributed by atoms with Crippen molar-refractivity contribution in [3.8, 4) is 0 Å². The summed E-state index contributed by atoms with van der Waals surface area (Å²) < 4.78 is 0. The first-order valence-corrected chi connectivity index (χ1v) is 7.70. The Bertz CT molecular complexity index is 288. The Morgan fingerprint density at radius 2 is 2.00 bits per heavy atom. The predicted molar refractivity (Wildman–Crippen MR) is 72.9 cm³/mol.